The zero-order valence-electron chi connectivity index (χ0n) is 13.4. The Balaban J connectivity index is 0. The molecule has 0 saturated carbocycles. The molecule has 0 saturated heterocycles. The second-order valence-electron chi connectivity index (χ2n) is 5.31. The summed E-state index contributed by atoms with van der Waals surface area (Å²) in [4.78, 5) is 6.27. The summed E-state index contributed by atoms with van der Waals surface area (Å²) < 4.78 is 17.2. The third-order valence-corrected chi connectivity index (χ3v) is 3.90. The van der Waals surface area contributed by atoms with E-state index in [1.165, 1.54) is 0 Å². The Morgan fingerprint density at radius 1 is 0.600 bits per heavy atom. The molecule has 0 rings (SSSR count). The molecule has 20 heavy (non-hydrogen) atoms. The van der Waals surface area contributed by atoms with Gasteiger partial charge in [-0.25, -0.2) is 0 Å². The van der Waals surface area contributed by atoms with Crippen molar-refractivity contribution >= 4 is 44.7 Å². The van der Waals surface area contributed by atoms with E-state index < -0.39 is 15.1 Å². The number of hydrogen-bond acceptors (Lipinski definition) is 6. The molecule has 0 unspecified atom stereocenters. The van der Waals surface area contributed by atoms with Crippen molar-refractivity contribution in [2.24, 2.45) is 0 Å². The Morgan fingerprint density at radius 2 is 0.850 bits per heavy atom. The zero-order chi connectivity index (χ0) is 14.7. The van der Waals surface area contributed by atoms with Gasteiger partial charge in [-0.15, -0.1) is 0 Å². The summed E-state index contributed by atoms with van der Waals surface area (Å²) >= 11 is -1.99. The van der Waals surface area contributed by atoms with Gasteiger partial charge in [0.1, 0.15) is 0 Å². The standard InChI is InChI=1S/3C4H10NO.Al.Na.H/c3*1-5(2)3-4-6;;;/h3*3-4H2,1-2H3;;;/q3*-1;+3;;. The van der Waals surface area contributed by atoms with Crippen LogP contribution in [0.1, 0.15) is 0 Å². The zero-order valence-corrected chi connectivity index (χ0v) is 14.5. The molecule has 0 spiro atoms. The van der Waals surface area contributed by atoms with Crippen molar-refractivity contribution in [1.82, 2.24) is 14.7 Å². The van der Waals surface area contributed by atoms with Crippen molar-refractivity contribution < 1.29 is 11.4 Å². The molecule has 0 aromatic rings. The van der Waals surface area contributed by atoms with E-state index in [0.717, 1.165) is 19.6 Å². The molecule has 0 radical (unpaired) electrons. The molecule has 0 heterocycles. The predicted molar refractivity (Wildman–Crippen MR) is 86.4 cm³/mol. The van der Waals surface area contributed by atoms with Crippen molar-refractivity contribution in [3.63, 3.8) is 0 Å². The van der Waals surface area contributed by atoms with Gasteiger partial charge in [-0.1, -0.05) is 0 Å². The first-order valence-electron chi connectivity index (χ1n) is 6.71. The fourth-order valence-electron chi connectivity index (χ4n) is 1.14. The van der Waals surface area contributed by atoms with Gasteiger partial charge in [0.05, 0.1) is 0 Å². The van der Waals surface area contributed by atoms with Crippen LogP contribution in [0.25, 0.3) is 0 Å². The normalized spacial score (nSPS) is 11.2. The maximum absolute atomic E-state index is 5.73. The molecule has 0 aliphatic carbocycles. The van der Waals surface area contributed by atoms with Gasteiger partial charge in [-0.3, -0.25) is 0 Å². The molecule has 0 fully saturated rings. The second-order valence-corrected chi connectivity index (χ2v) is 6.89. The summed E-state index contributed by atoms with van der Waals surface area (Å²) in [7, 11) is 12.2. The van der Waals surface area contributed by atoms with Gasteiger partial charge < -0.3 is 26.1 Å². The van der Waals surface area contributed by atoms with E-state index in [2.05, 4.69) is 14.7 Å². The van der Waals surface area contributed by atoms with E-state index in [-0.39, 0.29) is 29.6 Å². The minimum absolute atomic E-state index is 0. The number of hydrogen-bond donors (Lipinski definition) is 0. The van der Waals surface area contributed by atoms with E-state index in [0.29, 0.717) is 19.8 Å². The molecule has 0 amide bonds. The van der Waals surface area contributed by atoms with Crippen LogP contribution in [0.5, 0.6) is 0 Å². The van der Waals surface area contributed by atoms with E-state index >= 15 is 0 Å². The van der Waals surface area contributed by atoms with Crippen LogP contribution in [-0.4, -0.2) is 141 Å². The van der Waals surface area contributed by atoms with Crippen LogP contribution in [0.4, 0.5) is 0 Å². The van der Waals surface area contributed by atoms with Gasteiger partial charge in [0, 0.05) is 39.5 Å². The molecular weight excluding hydrogens is 284 g/mol. The topological polar surface area (TPSA) is 37.4 Å². The van der Waals surface area contributed by atoms with Crippen molar-refractivity contribution in [3.05, 3.63) is 0 Å². The van der Waals surface area contributed by atoms with Gasteiger partial charge in [0.25, 0.3) is 0 Å². The molecule has 6 nitrogen and oxygen atoms in total. The number of likely N-dealkylation sites (N-methyl/N-ethyl adjacent to an activating group) is 3. The third kappa shape index (κ3) is 17.3. The molecule has 0 aromatic heterocycles. The van der Waals surface area contributed by atoms with E-state index in [4.69, 9.17) is 11.4 Å². The second kappa shape index (κ2) is 15.2. The summed E-state index contributed by atoms with van der Waals surface area (Å²) in [5.41, 5.74) is 0. The first kappa shape index (κ1) is 23.6. The summed E-state index contributed by atoms with van der Waals surface area (Å²) in [5, 5.41) is 0. The molecule has 0 aromatic carbocycles. The Labute approximate surface area is 152 Å². The van der Waals surface area contributed by atoms with Crippen LogP contribution >= 0.6 is 0 Å². The molecule has 0 bridgehead atoms. The SMILES string of the molecule is CN(C)CC[O][Al]([O]CCN(C)C)[O]CCN(C)C.[NaH]. The van der Waals surface area contributed by atoms with Crippen LogP contribution in [-0.2, 0) is 11.4 Å². The Hall–Kier alpha value is 1.29. The summed E-state index contributed by atoms with van der Waals surface area (Å²) in [6, 6.07) is 0. The van der Waals surface area contributed by atoms with Crippen LogP contribution < -0.4 is 0 Å². The Kier molecular flexibility index (Phi) is 17.9. The molecule has 0 aliphatic rings. The van der Waals surface area contributed by atoms with Gasteiger partial charge in [-0.05, 0) is 42.3 Å². The van der Waals surface area contributed by atoms with Crippen LogP contribution in [0.15, 0.2) is 0 Å². The van der Waals surface area contributed by atoms with Crippen LogP contribution in [0, 0.1) is 0 Å². The summed E-state index contributed by atoms with van der Waals surface area (Å²) in [5.74, 6) is 0. The van der Waals surface area contributed by atoms with E-state index in [9.17, 15) is 0 Å². The third-order valence-electron chi connectivity index (χ3n) is 2.38. The van der Waals surface area contributed by atoms with Gasteiger partial charge in [0.2, 0.25) is 0 Å². The monoisotopic (exact) mass is 315 g/mol. The molecule has 8 heteroatoms. The Bertz CT molecular complexity index is 179. The van der Waals surface area contributed by atoms with Crippen molar-refractivity contribution in [2.75, 3.05) is 81.7 Å². The average Bonchev–Trinajstić information content (AvgIpc) is 2.26. The van der Waals surface area contributed by atoms with Crippen LogP contribution in [0.3, 0.4) is 0 Å². The van der Waals surface area contributed by atoms with Crippen molar-refractivity contribution in [3.8, 4) is 0 Å². The van der Waals surface area contributed by atoms with Crippen molar-refractivity contribution in [2.45, 2.75) is 0 Å². The van der Waals surface area contributed by atoms with Gasteiger partial charge in [-0.2, -0.15) is 0 Å². The van der Waals surface area contributed by atoms with Crippen LogP contribution in [0.2, 0.25) is 0 Å². The molecule has 0 aliphatic heterocycles. The number of nitrogens with zero attached hydrogens (tertiary/aromatic N) is 3. The molecule has 0 atom stereocenters. The van der Waals surface area contributed by atoms with Crippen molar-refractivity contribution in [1.29, 1.82) is 0 Å². The minimum atomic E-state index is -1.99. The average molecular weight is 315 g/mol. The maximum atomic E-state index is 5.73. The first-order chi connectivity index (χ1) is 8.91. The van der Waals surface area contributed by atoms with Gasteiger partial charge >= 0.3 is 44.7 Å². The predicted octanol–water partition coefficient (Wildman–Crippen LogP) is -0.943. The van der Waals surface area contributed by atoms with E-state index in [1.807, 2.05) is 42.3 Å². The summed E-state index contributed by atoms with van der Waals surface area (Å²) in [6.07, 6.45) is 0. The molecule has 116 valence electrons. The fourth-order valence-corrected chi connectivity index (χ4v) is 2.32. The van der Waals surface area contributed by atoms with E-state index in [1.54, 1.807) is 0 Å². The molecule has 0 N–H and O–H groups in total. The van der Waals surface area contributed by atoms with Gasteiger partial charge in [0.15, 0.2) is 0 Å². The first-order valence-corrected chi connectivity index (χ1v) is 8.12. The summed E-state index contributed by atoms with van der Waals surface area (Å²) in [6.45, 7) is 4.64. The Morgan fingerprint density at radius 3 is 1.05 bits per heavy atom. The quantitative estimate of drug-likeness (QED) is 0.433. The fraction of sp³-hybridized carbons (Fsp3) is 1.00. The number of rotatable bonds is 12. The molecular formula is C12H31AlN3NaO3.